The van der Waals surface area contributed by atoms with Crippen molar-refractivity contribution < 1.29 is 26.4 Å². The molecule has 0 radical (unpaired) electrons. The van der Waals surface area contributed by atoms with Crippen molar-refractivity contribution in [1.82, 2.24) is 9.62 Å². The normalized spacial score (nSPS) is 12.2. The lowest BCUT2D eigenvalue weighted by Gasteiger charge is -2.17. The van der Waals surface area contributed by atoms with Crippen LogP contribution >= 0.6 is 0 Å². The van der Waals surface area contributed by atoms with Crippen LogP contribution in [0.25, 0.3) is 0 Å². The molecule has 2 rings (SSSR count). The molecule has 0 aliphatic rings. The van der Waals surface area contributed by atoms with Crippen LogP contribution in [0.1, 0.15) is 15.9 Å². The topological polar surface area (TPSA) is 66.5 Å². The van der Waals surface area contributed by atoms with E-state index < -0.39 is 28.7 Å². The Kier molecular flexibility index (Phi) is 6.04. The first-order valence-corrected chi connectivity index (χ1v) is 8.99. The van der Waals surface area contributed by atoms with Crippen LogP contribution in [0.5, 0.6) is 0 Å². The standard InChI is InChI=1S/C17H17F3N2O3S/c1-22(11-13-5-3-2-4-6-13)26(24,25)15-9-7-14(8-10-15)16(23)21-12-17(18,19)20/h2-10H,11-12H2,1H3,(H,21,23). The number of hydrogen-bond donors (Lipinski definition) is 1. The molecule has 1 N–H and O–H groups in total. The van der Waals surface area contributed by atoms with E-state index in [-0.39, 0.29) is 17.0 Å². The molecule has 0 bridgehead atoms. The number of rotatable bonds is 6. The van der Waals surface area contributed by atoms with Crippen molar-refractivity contribution in [2.45, 2.75) is 17.6 Å². The molecular weight excluding hydrogens is 369 g/mol. The Labute approximate surface area is 149 Å². The fraction of sp³-hybridized carbons (Fsp3) is 0.235. The molecule has 0 aromatic heterocycles. The lowest BCUT2D eigenvalue weighted by molar-refractivity contribution is -0.123. The van der Waals surface area contributed by atoms with E-state index in [1.54, 1.807) is 29.6 Å². The summed E-state index contributed by atoms with van der Waals surface area (Å²) < 4.78 is 62.6. The van der Waals surface area contributed by atoms with Crippen LogP contribution in [-0.2, 0) is 16.6 Å². The van der Waals surface area contributed by atoms with Gasteiger partial charge in [0.25, 0.3) is 5.91 Å². The second-order valence-corrected chi connectivity index (χ2v) is 7.61. The summed E-state index contributed by atoms with van der Waals surface area (Å²) >= 11 is 0. The number of nitrogens with zero attached hydrogens (tertiary/aromatic N) is 1. The highest BCUT2D eigenvalue weighted by Crippen LogP contribution is 2.18. The highest BCUT2D eigenvalue weighted by molar-refractivity contribution is 7.89. The first-order chi connectivity index (χ1) is 12.1. The zero-order valence-corrected chi connectivity index (χ0v) is 14.6. The van der Waals surface area contributed by atoms with Crippen molar-refractivity contribution in [2.75, 3.05) is 13.6 Å². The molecule has 0 heterocycles. The predicted molar refractivity (Wildman–Crippen MR) is 89.9 cm³/mol. The third-order valence-corrected chi connectivity index (χ3v) is 5.34. The second-order valence-electron chi connectivity index (χ2n) is 5.57. The van der Waals surface area contributed by atoms with Crippen molar-refractivity contribution in [3.63, 3.8) is 0 Å². The summed E-state index contributed by atoms with van der Waals surface area (Å²) in [6, 6.07) is 13.7. The smallest absolute Gasteiger partial charge is 0.343 e. The molecular formula is C17H17F3N2O3S. The zero-order chi connectivity index (χ0) is 19.4. The van der Waals surface area contributed by atoms with E-state index in [4.69, 9.17) is 0 Å². The maximum absolute atomic E-state index is 12.6. The van der Waals surface area contributed by atoms with Crippen molar-refractivity contribution in [1.29, 1.82) is 0 Å². The van der Waals surface area contributed by atoms with E-state index in [1.165, 1.54) is 31.3 Å². The molecule has 0 spiro atoms. The summed E-state index contributed by atoms with van der Waals surface area (Å²) in [6.07, 6.45) is -4.51. The zero-order valence-electron chi connectivity index (χ0n) is 13.8. The molecule has 0 saturated carbocycles. The minimum absolute atomic E-state index is 0.0525. The van der Waals surface area contributed by atoms with Gasteiger partial charge in [-0.25, -0.2) is 8.42 Å². The lowest BCUT2D eigenvalue weighted by Crippen LogP contribution is -2.33. The SMILES string of the molecule is CN(Cc1ccccc1)S(=O)(=O)c1ccc(C(=O)NCC(F)(F)F)cc1. The summed E-state index contributed by atoms with van der Waals surface area (Å²) in [5.74, 6) is -0.927. The number of amides is 1. The molecule has 2 aromatic rings. The van der Waals surface area contributed by atoms with Crippen LogP contribution in [0.15, 0.2) is 59.5 Å². The Balaban J connectivity index is 2.09. The van der Waals surface area contributed by atoms with Crippen LogP contribution in [0, 0.1) is 0 Å². The van der Waals surface area contributed by atoms with E-state index in [0.717, 1.165) is 9.87 Å². The van der Waals surface area contributed by atoms with Gasteiger partial charge in [-0.15, -0.1) is 0 Å². The van der Waals surface area contributed by atoms with Crippen LogP contribution in [-0.4, -0.2) is 38.4 Å². The van der Waals surface area contributed by atoms with Gasteiger partial charge in [-0.1, -0.05) is 30.3 Å². The van der Waals surface area contributed by atoms with E-state index in [2.05, 4.69) is 0 Å². The summed E-state index contributed by atoms with van der Waals surface area (Å²) in [7, 11) is -2.37. The van der Waals surface area contributed by atoms with Crippen LogP contribution in [0.3, 0.4) is 0 Å². The molecule has 26 heavy (non-hydrogen) atoms. The first-order valence-electron chi connectivity index (χ1n) is 7.55. The largest absolute Gasteiger partial charge is 0.405 e. The van der Waals surface area contributed by atoms with Gasteiger partial charge < -0.3 is 5.32 Å². The van der Waals surface area contributed by atoms with Gasteiger partial charge in [-0.2, -0.15) is 17.5 Å². The van der Waals surface area contributed by atoms with Crippen LogP contribution in [0.2, 0.25) is 0 Å². The summed E-state index contributed by atoms with van der Waals surface area (Å²) in [6.45, 7) is -1.29. The molecule has 0 aliphatic carbocycles. The molecule has 1 amide bonds. The predicted octanol–water partition coefficient (Wildman–Crippen LogP) is 2.80. The van der Waals surface area contributed by atoms with Gasteiger partial charge in [0.2, 0.25) is 10.0 Å². The average Bonchev–Trinajstić information content (AvgIpc) is 2.60. The Hall–Kier alpha value is -2.39. The van der Waals surface area contributed by atoms with Gasteiger partial charge in [-0.05, 0) is 29.8 Å². The van der Waals surface area contributed by atoms with E-state index in [9.17, 15) is 26.4 Å². The van der Waals surface area contributed by atoms with E-state index >= 15 is 0 Å². The monoisotopic (exact) mass is 386 g/mol. The molecule has 0 atom stereocenters. The van der Waals surface area contributed by atoms with Crippen molar-refractivity contribution in [3.05, 3.63) is 65.7 Å². The highest BCUT2D eigenvalue weighted by atomic mass is 32.2. The fourth-order valence-electron chi connectivity index (χ4n) is 2.17. The van der Waals surface area contributed by atoms with E-state index in [0.29, 0.717) is 0 Å². The number of sulfonamides is 1. The number of alkyl halides is 3. The van der Waals surface area contributed by atoms with Gasteiger partial charge in [0.05, 0.1) is 4.90 Å². The Morgan fingerprint density at radius 2 is 1.62 bits per heavy atom. The third-order valence-electron chi connectivity index (χ3n) is 3.52. The molecule has 0 aliphatic heterocycles. The molecule has 0 saturated heterocycles. The number of halogens is 3. The fourth-order valence-corrected chi connectivity index (χ4v) is 3.33. The van der Waals surface area contributed by atoms with Gasteiger partial charge in [0.15, 0.2) is 0 Å². The average molecular weight is 386 g/mol. The van der Waals surface area contributed by atoms with E-state index in [1.807, 2.05) is 6.07 Å². The molecule has 140 valence electrons. The Bertz CT molecular complexity index is 851. The number of carbonyl (C=O) groups excluding carboxylic acids is 1. The molecule has 9 heteroatoms. The van der Waals surface area contributed by atoms with Crippen molar-refractivity contribution in [2.24, 2.45) is 0 Å². The molecule has 0 fully saturated rings. The summed E-state index contributed by atoms with van der Waals surface area (Å²) in [5, 5.41) is 1.73. The number of benzene rings is 2. The maximum atomic E-state index is 12.6. The summed E-state index contributed by atoms with van der Waals surface area (Å²) in [4.78, 5) is 11.6. The summed E-state index contributed by atoms with van der Waals surface area (Å²) in [5.41, 5.74) is 0.751. The van der Waals surface area contributed by atoms with Gasteiger partial charge in [0, 0.05) is 19.2 Å². The third kappa shape index (κ3) is 5.30. The second kappa shape index (κ2) is 7.88. The van der Waals surface area contributed by atoms with Crippen molar-refractivity contribution >= 4 is 15.9 Å². The Morgan fingerprint density at radius 3 is 2.15 bits per heavy atom. The van der Waals surface area contributed by atoms with Gasteiger partial charge in [0.1, 0.15) is 6.54 Å². The van der Waals surface area contributed by atoms with Crippen molar-refractivity contribution in [3.8, 4) is 0 Å². The quantitative estimate of drug-likeness (QED) is 0.830. The molecule has 2 aromatic carbocycles. The van der Waals surface area contributed by atoms with Crippen LogP contribution < -0.4 is 5.32 Å². The minimum atomic E-state index is -4.51. The number of hydrogen-bond acceptors (Lipinski definition) is 3. The maximum Gasteiger partial charge on any atom is 0.405 e. The lowest BCUT2D eigenvalue weighted by atomic mass is 10.2. The number of nitrogens with one attached hydrogen (secondary N) is 1. The minimum Gasteiger partial charge on any atom is -0.343 e. The van der Waals surface area contributed by atoms with Gasteiger partial charge in [-0.3, -0.25) is 4.79 Å². The molecule has 0 unspecified atom stereocenters. The van der Waals surface area contributed by atoms with Gasteiger partial charge >= 0.3 is 6.18 Å². The first kappa shape index (κ1) is 19.9. The molecule has 5 nitrogen and oxygen atoms in total. The number of carbonyl (C=O) groups is 1. The highest BCUT2D eigenvalue weighted by Gasteiger charge is 2.28. The Morgan fingerprint density at radius 1 is 1.04 bits per heavy atom. The van der Waals surface area contributed by atoms with Crippen LogP contribution in [0.4, 0.5) is 13.2 Å².